The zero-order valence-corrected chi connectivity index (χ0v) is 9.92. The molecule has 15 heavy (non-hydrogen) atoms. The molecule has 0 bridgehead atoms. The minimum absolute atomic E-state index is 0.0193. The summed E-state index contributed by atoms with van der Waals surface area (Å²) in [6.45, 7) is 0.694. The van der Waals surface area contributed by atoms with E-state index < -0.39 is 10.0 Å². The van der Waals surface area contributed by atoms with E-state index in [4.69, 9.17) is 10.5 Å². The van der Waals surface area contributed by atoms with Crippen LogP contribution in [0.4, 0.5) is 0 Å². The minimum Gasteiger partial charge on any atom is -0.384 e. The van der Waals surface area contributed by atoms with E-state index in [9.17, 15) is 8.42 Å². The smallest absolute Gasteiger partial charge is 0.213 e. The third-order valence-corrected chi connectivity index (χ3v) is 4.15. The fourth-order valence-electron chi connectivity index (χ4n) is 1.82. The zero-order valence-electron chi connectivity index (χ0n) is 9.11. The van der Waals surface area contributed by atoms with Gasteiger partial charge in [-0.05, 0) is 18.8 Å². The Morgan fingerprint density at radius 3 is 2.73 bits per heavy atom. The summed E-state index contributed by atoms with van der Waals surface area (Å²) >= 11 is 0. The van der Waals surface area contributed by atoms with Crippen LogP contribution in [0, 0.1) is 5.92 Å². The van der Waals surface area contributed by atoms with Gasteiger partial charge in [0.15, 0.2) is 0 Å². The average molecular weight is 236 g/mol. The second-order valence-corrected chi connectivity index (χ2v) is 5.94. The lowest BCUT2D eigenvalue weighted by atomic mass is 10.1. The van der Waals surface area contributed by atoms with Crippen LogP contribution in [0.1, 0.15) is 19.3 Å². The monoisotopic (exact) mass is 236 g/mol. The fraction of sp³-hybridized carbons (Fsp3) is 1.00. The lowest BCUT2D eigenvalue weighted by Gasteiger charge is -2.15. The molecule has 0 aliphatic heterocycles. The molecule has 2 atom stereocenters. The number of nitrogens with two attached hydrogens (primary N) is 1. The van der Waals surface area contributed by atoms with E-state index in [1.54, 1.807) is 0 Å². The van der Waals surface area contributed by atoms with Crippen LogP contribution in [0.5, 0.6) is 0 Å². The van der Waals surface area contributed by atoms with Crippen LogP contribution in [-0.4, -0.2) is 40.5 Å². The van der Waals surface area contributed by atoms with Gasteiger partial charge in [-0.3, -0.25) is 0 Å². The summed E-state index contributed by atoms with van der Waals surface area (Å²) in [6.07, 6.45) is 3.13. The van der Waals surface area contributed by atoms with Gasteiger partial charge in [-0.15, -0.1) is 0 Å². The van der Waals surface area contributed by atoms with Gasteiger partial charge in [0.1, 0.15) is 0 Å². The average Bonchev–Trinajstić information content (AvgIpc) is 2.58. The molecule has 0 radical (unpaired) electrons. The van der Waals surface area contributed by atoms with Crippen molar-refractivity contribution in [2.24, 2.45) is 11.7 Å². The van der Waals surface area contributed by atoms with Crippen molar-refractivity contribution in [2.75, 3.05) is 26.0 Å². The highest BCUT2D eigenvalue weighted by Gasteiger charge is 2.25. The molecule has 0 amide bonds. The van der Waals surface area contributed by atoms with Crippen LogP contribution in [0.15, 0.2) is 0 Å². The van der Waals surface area contributed by atoms with Crippen LogP contribution in [-0.2, 0) is 14.8 Å². The Hall–Kier alpha value is -0.170. The number of rotatable bonds is 6. The van der Waals surface area contributed by atoms with Gasteiger partial charge >= 0.3 is 0 Å². The maximum Gasteiger partial charge on any atom is 0.213 e. The third-order valence-electron chi connectivity index (χ3n) is 2.84. The number of hydrogen-bond donors (Lipinski definition) is 2. The lowest BCUT2D eigenvalue weighted by Crippen LogP contribution is -2.37. The molecule has 0 spiro atoms. The van der Waals surface area contributed by atoms with E-state index in [-0.39, 0.29) is 18.4 Å². The van der Waals surface area contributed by atoms with Crippen molar-refractivity contribution in [1.29, 1.82) is 0 Å². The highest BCUT2D eigenvalue weighted by Crippen LogP contribution is 2.23. The Balaban J connectivity index is 2.29. The molecule has 0 heterocycles. The van der Waals surface area contributed by atoms with Crippen molar-refractivity contribution in [3.05, 3.63) is 0 Å². The van der Waals surface area contributed by atoms with E-state index in [1.165, 1.54) is 7.11 Å². The summed E-state index contributed by atoms with van der Waals surface area (Å²) in [4.78, 5) is 0. The molecule has 0 aromatic heterocycles. The normalized spacial score (nSPS) is 27.1. The lowest BCUT2D eigenvalue weighted by molar-refractivity contribution is 0.217. The third kappa shape index (κ3) is 4.46. The Kier molecular flexibility index (Phi) is 4.98. The summed E-state index contributed by atoms with van der Waals surface area (Å²) in [7, 11) is -1.70. The van der Waals surface area contributed by atoms with Gasteiger partial charge in [-0.2, -0.15) is 0 Å². The Morgan fingerprint density at radius 2 is 2.20 bits per heavy atom. The van der Waals surface area contributed by atoms with E-state index in [1.807, 2.05) is 0 Å². The SMILES string of the molecule is COCCS(=O)(=O)NCC1CCCC1N. The second-order valence-electron chi connectivity index (χ2n) is 4.01. The fourth-order valence-corrected chi connectivity index (χ4v) is 2.82. The summed E-state index contributed by atoms with van der Waals surface area (Å²) in [6, 6.07) is 0.148. The number of sulfonamides is 1. The van der Waals surface area contributed by atoms with Gasteiger partial charge < -0.3 is 10.5 Å². The molecule has 0 saturated heterocycles. The molecular weight excluding hydrogens is 216 g/mol. The minimum atomic E-state index is -3.19. The topological polar surface area (TPSA) is 81.4 Å². The van der Waals surface area contributed by atoms with E-state index >= 15 is 0 Å². The molecular formula is C9H20N2O3S. The first-order valence-corrected chi connectivity index (χ1v) is 6.92. The predicted octanol–water partition coefficient (Wildman–Crippen LogP) is -0.320. The van der Waals surface area contributed by atoms with Crippen molar-refractivity contribution in [2.45, 2.75) is 25.3 Å². The maximum atomic E-state index is 11.4. The number of hydrogen-bond acceptors (Lipinski definition) is 4. The Morgan fingerprint density at radius 1 is 1.47 bits per heavy atom. The van der Waals surface area contributed by atoms with Crippen LogP contribution < -0.4 is 10.5 Å². The highest BCUT2D eigenvalue weighted by molar-refractivity contribution is 7.89. The predicted molar refractivity (Wildman–Crippen MR) is 59.0 cm³/mol. The summed E-state index contributed by atoms with van der Waals surface area (Å²) in [5.41, 5.74) is 5.85. The van der Waals surface area contributed by atoms with Gasteiger partial charge in [0.05, 0.1) is 12.4 Å². The second kappa shape index (κ2) is 5.79. The highest BCUT2D eigenvalue weighted by atomic mass is 32.2. The van der Waals surface area contributed by atoms with Gasteiger partial charge in [0.25, 0.3) is 0 Å². The first-order valence-electron chi connectivity index (χ1n) is 5.27. The number of ether oxygens (including phenoxy) is 1. The Bertz CT molecular complexity index is 279. The first-order chi connectivity index (χ1) is 7.05. The summed E-state index contributed by atoms with van der Waals surface area (Å²) < 4.78 is 30.1. The van der Waals surface area contributed by atoms with Crippen molar-refractivity contribution in [3.8, 4) is 0 Å². The molecule has 5 nitrogen and oxygen atoms in total. The quantitative estimate of drug-likeness (QED) is 0.662. The molecule has 90 valence electrons. The number of methoxy groups -OCH3 is 1. The molecule has 1 fully saturated rings. The summed E-state index contributed by atoms with van der Waals surface area (Å²) in [5, 5.41) is 0. The van der Waals surface area contributed by atoms with Gasteiger partial charge in [-0.25, -0.2) is 13.1 Å². The molecule has 3 N–H and O–H groups in total. The van der Waals surface area contributed by atoms with Gasteiger partial charge in [-0.1, -0.05) is 6.42 Å². The van der Waals surface area contributed by atoms with E-state index in [0.717, 1.165) is 19.3 Å². The Labute approximate surface area is 91.4 Å². The molecule has 1 saturated carbocycles. The van der Waals surface area contributed by atoms with Crippen molar-refractivity contribution < 1.29 is 13.2 Å². The standard InChI is InChI=1S/C9H20N2O3S/c1-14-5-6-15(12,13)11-7-8-3-2-4-9(8)10/h8-9,11H,2-7,10H2,1H3. The van der Waals surface area contributed by atoms with Crippen LogP contribution in [0.3, 0.4) is 0 Å². The van der Waals surface area contributed by atoms with Crippen molar-refractivity contribution in [3.63, 3.8) is 0 Å². The first kappa shape index (κ1) is 12.9. The molecule has 0 aromatic carbocycles. The van der Waals surface area contributed by atoms with Crippen molar-refractivity contribution in [1.82, 2.24) is 4.72 Å². The number of nitrogens with one attached hydrogen (secondary N) is 1. The molecule has 0 aromatic rings. The van der Waals surface area contributed by atoms with E-state index in [2.05, 4.69) is 4.72 Å². The van der Waals surface area contributed by atoms with Crippen LogP contribution in [0.25, 0.3) is 0 Å². The van der Waals surface area contributed by atoms with Crippen molar-refractivity contribution >= 4 is 10.0 Å². The molecule has 6 heteroatoms. The van der Waals surface area contributed by atoms with Crippen LogP contribution in [0.2, 0.25) is 0 Å². The summed E-state index contributed by atoms with van der Waals surface area (Å²) in [5.74, 6) is 0.313. The van der Waals surface area contributed by atoms with E-state index in [0.29, 0.717) is 12.5 Å². The van der Waals surface area contributed by atoms with Crippen LogP contribution >= 0.6 is 0 Å². The zero-order chi connectivity index (χ0) is 11.3. The molecule has 2 unspecified atom stereocenters. The maximum absolute atomic E-state index is 11.4. The largest absolute Gasteiger partial charge is 0.384 e. The molecule has 1 rings (SSSR count). The molecule has 1 aliphatic rings. The van der Waals surface area contributed by atoms with Gasteiger partial charge in [0.2, 0.25) is 10.0 Å². The molecule has 1 aliphatic carbocycles. The van der Waals surface area contributed by atoms with Gasteiger partial charge in [0, 0.05) is 19.7 Å².